The summed E-state index contributed by atoms with van der Waals surface area (Å²) in [5.41, 5.74) is 0. The normalized spacial score (nSPS) is 18.4. The highest BCUT2D eigenvalue weighted by Gasteiger charge is 2.15. The van der Waals surface area contributed by atoms with Crippen molar-refractivity contribution >= 4 is 17.8 Å². The van der Waals surface area contributed by atoms with Crippen LogP contribution < -0.4 is 15.5 Å². The SMILES string of the molecule is CNc1nc(NCCC2CCCO2)nc(N(C)C)n1. The number of aromatic nitrogens is 3. The topological polar surface area (TPSA) is 75.2 Å². The van der Waals surface area contributed by atoms with Gasteiger partial charge in [-0.1, -0.05) is 0 Å². The van der Waals surface area contributed by atoms with Gasteiger partial charge < -0.3 is 20.3 Å². The van der Waals surface area contributed by atoms with Crippen LogP contribution in [0.15, 0.2) is 0 Å². The molecule has 2 heterocycles. The fraction of sp³-hybridized carbons (Fsp3) is 0.750. The molecule has 106 valence electrons. The molecule has 19 heavy (non-hydrogen) atoms. The zero-order chi connectivity index (χ0) is 13.7. The van der Waals surface area contributed by atoms with Gasteiger partial charge in [0.05, 0.1) is 6.10 Å². The van der Waals surface area contributed by atoms with Gasteiger partial charge in [-0.25, -0.2) is 0 Å². The van der Waals surface area contributed by atoms with Gasteiger partial charge in [-0.2, -0.15) is 15.0 Å². The number of nitrogens with zero attached hydrogens (tertiary/aromatic N) is 4. The second-order valence-corrected chi connectivity index (χ2v) is 4.78. The summed E-state index contributed by atoms with van der Waals surface area (Å²) in [6.45, 7) is 1.70. The lowest BCUT2D eigenvalue weighted by Crippen LogP contribution is -2.18. The molecule has 0 radical (unpaired) electrons. The van der Waals surface area contributed by atoms with Crippen LogP contribution in [-0.2, 0) is 4.74 Å². The third-order valence-electron chi connectivity index (χ3n) is 3.02. The summed E-state index contributed by atoms with van der Waals surface area (Å²) in [5.74, 6) is 1.80. The van der Waals surface area contributed by atoms with Gasteiger partial charge in [-0.05, 0) is 19.3 Å². The van der Waals surface area contributed by atoms with E-state index in [4.69, 9.17) is 4.74 Å². The molecule has 2 rings (SSSR count). The van der Waals surface area contributed by atoms with E-state index in [1.807, 2.05) is 19.0 Å². The van der Waals surface area contributed by atoms with Crippen LogP contribution in [0, 0.1) is 0 Å². The lowest BCUT2D eigenvalue weighted by Gasteiger charge is -2.14. The van der Waals surface area contributed by atoms with E-state index in [1.165, 1.54) is 6.42 Å². The van der Waals surface area contributed by atoms with E-state index in [9.17, 15) is 0 Å². The summed E-state index contributed by atoms with van der Waals surface area (Å²) in [4.78, 5) is 14.8. The van der Waals surface area contributed by atoms with Crippen molar-refractivity contribution in [1.82, 2.24) is 15.0 Å². The Kier molecular flexibility index (Phi) is 4.73. The molecular weight excluding hydrogens is 244 g/mol. The van der Waals surface area contributed by atoms with Crippen molar-refractivity contribution in [3.8, 4) is 0 Å². The molecule has 0 aromatic carbocycles. The van der Waals surface area contributed by atoms with Gasteiger partial charge in [-0.15, -0.1) is 0 Å². The first-order valence-electron chi connectivity index (χ1n) is 6.65. The molecule has 0 bridgehead atoms. The zero-order valence-electron chi connectivity index (χ0n) is 11.8. The van der Waals surface area contributed by atoms with E-state index in [1.54, 1.807) is 7.05 Å². The summed E-state index contributed by atoms with van der Waals surface area (Å²) in [5, 5.41) is 6.17. The van der Waals surface area contributed by atoms with Crippen molar-refractivity contribution in [1.29, 1.82) is 0 Å². The van der Waals surface area contributed by atoms with Crippen LogP contribution in [0.1, 0.15) is 19.3 Å². The summed E-state index contributed by atoms with van der Waals surface area (Å²) in [7, 11) is 5.61. The second-order valence-electron chi connectivity index (χ2n) is 4.78. The second kappa shape index (κ2) is 6.51. The molecule has 1 fully saturated rings. The highest BCUT2D eigenvalue weighted by Crippen LogP contribution is 2.16. The molecule has 1 aliphatic rings. The van der Waals surface area contributed by atoms with Gasteiger partial charge >= 0.3 is 0 Å². The molecule has 0 aliphatic carbocycles. The van der Waals surface area contributed by atoms with Gasteiger partial charge in [0.25, 0.3) is 0 Å². The maximum Gasteiger partial charge on any atom is 0.231 e. The minimum atomic E-state index is 0.381. The van der Waals surface area contributed by atoms with Crippen molar-refractivity contribution in [2.45, 2.75) is 25.4 Å². The summed E-state index contributed by atoms with van der Waals surface area (Å²) >= 11 is 0. The highest BCUT2D eigenvalue weighted by atomic mass is 16.5. The first-order valence-corrected chi connectivity index (χ1v) is 6.65. The van der Waals surface area contributed by atoms with E-state index in [2.05, 4.69) is 25.6 Å². The van der Waals surface area contributed by atoms with Crippen LogP contribution in [0.5, 0.6) is 0 Å². The maximum absolute atomic E-state index is 5.58. The molecule has 1 saturated heterocycles. The van der Waals surface area contributed by atoms with Crippen molar-refractivity contribution in [2.75, 3.05) is 49.8 Å². The molecule has 1 unspecified atom stereocenters. The standard InChI is InChI=1S/C12H22N6O/c1-13-10-15-11(17-12(16-10)18(2)3)14-7-6-9-5-4-8-19-9/h9H,4-8H2,1-3H3,(H2,13,14,15,16,17). The monoisotopic (exact) mass is 266 g/mol. The zero-order valence-corrected chi connectivity index (χ0v) is 11.8. The number of nitrogens with one attached hydrogen (secondary N) is 2. The maximum atomic E-state index is 5.58. The highest BCUT2D eigenvalue weighted by molar-refractivity contribution is 5.42. The van der Waals surface area contributed by atoms with Gasteiger partial charge in [0, 0.05) is 34.3 Å². The quantitative estimate of drug-likeness (QED) is 0.794. The number of ether oxygens (including phenoxy) is 1. The number of rotatable bonds is 6. The van der Waals surface area contributed by atoms with E-state index >= 15 is 0 Å². The van der Waals surface area contributed by atoms with Crippen LogP contribution in [0.4, 0.5) is 17.8 Å². The van der Waals surface area contributed by atoms with E-state index in [-0.39, 0.29) is 0 Å². The number of hydrogen-bond donors (Lipinski definition) is 2. The van der Waals surface area contributed by atoms with Crippen LogP contribution in [0.2, 0.25) is 0 Å². The van der Waals surface area contributed by atoms with Crippen molar-refractivity contribution in [2.24, 2.45) is 0 Å². The van der Waals surface area contributed by atoms with E-state index in [0.29, 0.717) is 23.9 Å². The average Bonchev–Trinajstić information content (AvgIpc) is 2.91. The minimum absolute atomic E-state index is 0.381. The molecule has 1 atom stereocenters. The van der Waals surface area contributed by atoms with Crippen LogP contribution >= 0.6 is 0 Å². The Hall–Kier alpha value is -1.63. The van der Waals surface area contributed by atoms with Crippen LogP contribution in [0.25, 0.3) is 0 Å². The molecule has 0 spiro atoms. The number of anilines is 3. The average molecular weight is 266 g/mol. The fourth-order valence-electron chi connectivity index (χ4n) is 1.97. The molecule has 1 aromatic heterocycles. The molecule has 2 N–H and O–H groups in total. The predicted molar refractivity (Wildman–Crippen MR) is 75.8 cm³/mol. The Bertz CT molecular complexity index is 405. The Morgan fingerprint density at radius 1 is 1.26 bits per heavy atom. The first kappa shape index (κ1) is 13.8. The van der Waals surface area contributed by atoms with Gasteiger partial charge in [0.15, 0.2) is 0 Å². The first-order chi connectivity index (χ1) is 9.19. The number of hydrogen-bond acceptors (Lipinski definition) is 7. The molecule has 0 saturated carbocycles. The van der Waals surface area contributed by atoms with Crippen LogP contribution in [0.3, 0.4) is 0 Å². The van der Waals surface area contributed by atoms with Crippen LogP contribution in [-0.4, -0.2) is 55.4 Å². The Morgan fingerprint density at radius 2 is 2.05 bits per heavy atom. The predicted octanol–water partition coefficient (Wildman–Crippen LogP) is 0.960. The summed E-state index contributed by atoms with van der Waals surface area (Å²) < 4.78 is 5.58. The molecule has 1 aromatic rings. The Labute approximate surface area is 113 Å². The third kappa shape index (κ3) is 3.92. The van der Waals surface area contributed by atoms with E-state index in [0.717, 1.165) is 26.0 Å². The third-order valence-corrected chi connectivity index (χ3v) is 3.02. The Morgan fingerprint density at radius 3 is 2.68 bits per heavy atom. The van der Waals surface area contributed by atoms with Gasteiger partial charge in [0.2, 0.25) is 17.8 Å². The minimum Gasteiger partial charge on any atom is -0.378 e. The van der Waals surface area contributed by atoms with E-state index < -0.39 is 0 Å². The van der Waals surface area contributed by atoms with Crippen molar-refractivity contribution < 1.29 is 4.74 Å². The largest absolute Gasteiger partial charge is 0.378 e. The summed E-state index contributed by atoms with van der Waals surface area (Å²) in [6, 6.07) is 0. The lowest BCUT2D eigenvalue weighted by atomic mass is 10.2. The van der Waals surface area contributed by atoms with Crippen molar-refractivity contribution in [3.63, 3.8) is 0 Å². The molecular formula is C12H22N6O. The lowest BCUT2D eigenvalue weighted by molar-refractivity contribution is 0.107. The fourth-order valence-corrected chi connectivity index (χ4v) is 1.97. The Balaban J connectivity index is 1.92. The van der Waals surface area contributed by atoms with Crippen molar-refractivity contribution in [3.05, 3.63) is 0 Å². The molecule has 1 aliphatic heterocycles. The van der Waals surface area contributed by atoms with Gasteiger partial charge in [0.1, 0.15) is 0 Å². The van der Waals surface area contributed by atoms with Gasteiger partial charge in [-0.3, -0.25) is 0 Å². The molecule has 7 nitrogen and oxygen atoms in total. The summed E-state index contributed by atoms with van der Waals surface area (Å²) in [6.07, 6.45) is 3.69. The molecule has 7 heteroatoms. The smallest absolute Gasteiger partial charge is 0.231 e. The molecule has 0 amide bonds.